The summed E-state index contributed by atoms with van der Waals surface area (Å²) in [7, 11) is 3.20. The molecule has 0 radical (unpaired) electrons. The third kappa shape index (κ3) is 2.11. The number of halogens is 1. The lowest BCUT2D eigenvalue weighted by Crippen LogP contribution is -2.24. The molecule has 4 heteroatoms. The Morgan fingerprint density at radius 2 is 2.00 bits per heavy atom. The normalized spacial score (nSPS) is 17.0. The van der Waals surface area contributed by atoms with Crippen molar-refractivity contribution >= 4 is 11.6 Å². The van der Waals surface area contributed by atoms with Crippen LogP contribution in [0.2, 0.25) is 5.02 Å². The summed E-state index contributed by atoms with van der Waals surface area (Å²) in [6.07, 6.45) is 2.94. The zero-order valence-electron chi connectivity index (χ0n) is 9.55. The zero-order valence-corrected chi connectivity index (χ0v) is 10.3. The molecule has 0 heterocycles. The van der Waals surface area contributed by atoms with Crippen molar-refractivity contribution in [3.8, 4) is 11.5 Å². The standard InChI is InChI=1S/C12H16ClNO2/c1-15-9-4-3-8(7-12(14)5-6-12)11(16-2)10(9)13/h3-4H,5-7,14H2,1-2H3. The van der Waals surface area contributed by atoms with Gasteiger partial charge in [0.05, 0.1) is 14.2 Å². The van der Waals surface area contributed by atoms with E-state index in [0.717, 1.165) is 24.8 Å². The Kier molecular flexibility index (Phi) is 3.00. The van der Waals surface area contributed by atoms with E-state index in [-0.39, 0.29) is 5.54 Å². The number of nitrogens with two attached hydrogens (primary N) is 1. The van der Waals surface area contributed by atoms with Crippen molar-refractivity contribution in [2.75, 3.05) is 14.2 Å². The van der Waals surface area contributed by atoms with E-state index in [0.29, 0.717) is 16.5 Å². The molecule has 1 aliphatic rings. The van der Waals surface area contributed by atoms with E-state index in [2.05, 4.69) is 0 Å². The van der Waals surface area contributed by atoms with Crippen molar-refractivity contribution in [2.45, 2.75) is 24.8 Å². The molecule has 0 unspecified atom stereocenters. The summed E-state index contributed by atoms with van der Waals surface area (Å²) in [5.41, 5.74) is 7.09. The van der Waals surface area contributed by atoms with Crippen LogP contribution in [0.25, 0.3) is 0 Å². The molecule has 16 heavy (non-hydrogen) atoms. The highest BCUT2D eigenvalue weighted by Gasteiger charge is 2.39. The van der Waals surface area contributed by atoms with Gasteiger partial charge in [-0.1, -0.05) is 17.7 Å². The summed E-state index contributed by atoms with van der Waals surface area (Å²) in [6.45, 7) is 0. The number of hydrogen-bond acceptors (Lipinski definition) is 3. The summed E-state index contributed by atoms with van der Waals surface area (Å²) in [6, 6.07) is 3.82. The fraction of sp³-hybridized carbons (Fsp3) is 0.500. The van der Waals surface area contributed by atoms with Gasteiger partial charge >= 0.3 is 0 Å². The second kappa shape index (κ2) is 4.15. The smallest absolute Gasteiger partial charge is 0.144 e. The van der Waals surface area contributed by atoms with Gasteiger partial charge in [-0.25, -0.2) is 0 Å². The van der Waals surface area contributed by atoms with Gasteiger partial charge in [0.25, 0.3) is 0 Å². The summed E-state index contributed by atoms with van der Waals surface area (Å²) in [5, 5.41) is 0.520. The third-order valence-electron chi connectivity index (χ3n) is 3.00. The molecule has 88 valence electrons. The molecule has 0 atom stereocenters. The molecule has 1 saturated carbocycles. The molecule has 0 aliphatic heterocycles. The second-order valence-electron chi connectivity index (χ2n) is 4.31. The number of benzene rings is 1. The van der Waals surface area contributed by atoms with Gasteiger partial charge in [0.1, 0.15) is 16.5 Å². The van der Waals surface area contributed by atoms with Crippen molar-refractivity contribution in [2.24, 2.45) is 5.73 Å². The molecule has 2 N–H and O–H groups in total. The topological polar surface area (TPSA) is 44.5 Å². The van der Waals surface area contributed by atoms with Crippen molar-refractivity contribution in [3.05, 3.63) is 22.7 Å². The Morgan fingerprint density at radius 1 is 1.31 bits per heavy atom. The van der Waals surface area contributed by atoms with Gasteiger partial charge in [-0.15, -0.1) is 0 Å². The molecular weight excluding hydrogens is 226 g/mol. The maximum atomic E-state index is 6.17. The Hall–Kier alpha value is -0.930. The maximum Gasteiger partial charge on any atom is 0.144 e. The molecule has 1 fully saturated rings. The molecule has 1 aliphatic carbocycles. The Labute approximate surface area is 100 Å². The fourth-order valence-corrected chi connectivity index (χ4v) is 2.15. The van der Waals surface area contributed by atoms with E-state index in [1.165, 1.54) is 0 Å². The van der Waals surface area contributed by atoms with Crippen LogP contribution in [0, 0.1) is 0 Å². The SMILES string of the molecule is COc1ccc(CC2(N)CC2)c(OC)c1Cl. The molecule has 0 aromatic heterocycles. The minimum Gasteiger partial charge on any atom is -0.495 e. The van der Waals surface area contributed by atoms with Gasteiger partial charge in [0.15, 0.2) is 0 Å². The van der Waals surface area contributed by atoms with E-state index in [9.17, 15) is 0 Å². The molecule has 0 saturated heterocycles. The van der Waals surface area contributed by atoms with Crippen LogP contribution in [0.1, 0.15) is 18.4 Å². The summed E-state index contributed by atoms with van der Waals surface area (Å²) in [5.74, 6) is 1.31. The second-order valence-corrected chi connectivity index (χ2v) is 4.69. The quantitative estimate of drug-likeness (QED) is 0.881. The highest BCUT2D eigenvalue weighted by molar-refractivity contribution is 6.33. The predicted octanol–water partition coefficient (Wildman–Crippen LogP) is 2.39. The highest BCUT2D eigenvalue weighted by atomic mass is 35.5. The van der Waals surface area contributed by atoms with Gasteiger partial charge < -0.3 is 15.2 Å². The van der Waals surface area contributed by atoms with E-state index < -0.39 is 0 Å². The lowest BCUT2D eigenvalue weighted by molar-refractivity contribution is 0.390. The van der Waals surface area contributed by atoms with Crippen LogP contribution in [0.15, 0.2) is 12.1 Å². The highest BCUT2D eigenvalue weighted by Crippen LogP contribution is 2.42. The van der Waals surface area contributed by atoms with Crippen LogP contribution in [0.5, 0.6) is 11.5 Å². The van der Waals surface area contributed by atoms with Crippen molar-refractivity contribution in [3.63, 3.8) is 0 Å². The first-order valence-electron chi connectivity index (χ1n) is 5.28. The fourth-order valence-electron chi connectivity index (χ4n) is 1.81. The summed E-state index contributed by atoms with van der Waals surface area (Å²) < 4.78 is 10.5. The van der Waals surface area contributed by atoms with Crippen LogP contribution in [0.4, 0.5) is 0 Å². The number of methoxy groups -OCH3 is 2. The van der Waals surface area contributed by atoms with Gasteiger partial charge in [0.2, 0.25) is 0 Å². The van der Waals surface area contributed by atoms with Crippen molar-refractivity contribution in [1.82, 2.24) is 0 Å². The number of ether oxygens (including phenoxy) is 2. The van der Waals surface area contributed by atoms with Crippen LogP contribution >= 0.6 is 11.6 Å². The molecule has 0 spiro atoms. The number of rotatable bonds is 4. The minimum absolute atomic E-state index is 0.0504. The van der Waals surface area contributed by atoms with E-state index >= 15 is 0 Å². The Bertz CT molecular complexity index is 402. The molecule has 3 nitrogen and oxygen atoms in total. The Morgan fingerprint density at radius 3 is 2.50 bits per heavy atom. The average molecular weight is 242 g/mol. The number of hydrogen-bond donors (Lipinski definition) is 1. The van der Waals surface area contributed by atoms with Crippen LogP contribution in [-0.4, -0.2) is 19.8 Å². The first-order chi connectivity index (χ1) is 7.59. The van der Waals surface area contributed by atoms with Gasteiger partial charge in [-0.2, -0.15) is 0 Å². The molecular formula is C12H16ClNO2. The lowest BCUT2D eigenvalue weighted by Gasteiger charge is -2.15. The van der Waals surface area contributed by atoms with Crippen molar-refractivity contribution in [1.29, 1.82) is 0 Å². The molecule has 1 aromatic carbocycles. The predicted molar refractivity (Wildman–Crippen MR) is 64.4 cm³/mol. The molecule has 1 aromatic rings. The van der Waals surface area contributed by atoms with E-state index in [1.807, 2.05) is 12.1 Å². The Balaban J connectivity index is 2.33. The van der Waals surface area contributed by atoms with Gasteiger partial charge in [-0.3, -0.25) is 0 Å². The van der Waals surface area contributed by atoms with Crippen LogP contribution < -0.4 is 15.2 Å². The van der Waals surface area contributed by atoms with Crippen LogP contribution in [0.3, 0.4) is 0 Å². The van der Waals surface area contributed by atoms with Crippen molar-refractivity contribution < 1.29 is 9.47 Å². The van der Waals surface area contributed by atoms with Gasteiger partial charge in [-0.05, 0) is 30.9 Å². The summed E-state index contributed by atoms with van der Waals surface area (Å²) in [4.78, 5) is 0. The van der Waals surface area contributed by atoms with Crippen LogP contribution in [-0.2, 0) is 6.42 Å². The first kappa shape index (κ1) is 11.6. The monoisotopic (exact) mass is 241 g/mol. The van der Waals surface area contributed by atoms with Gasteiger partial charge in [0, 0.05) is 5.54 Å². The third-order valence-corrected chi connectivity index (χ3v) is 3.36. The maximum absolute atomic E-state index is 6.17. The zero-order chi connectivity index (χ0) is 11.8. The van der Waals surface area contributed by atoms with E-state index in [1.54, 1.807) is 14.2 Å². The molecule has 2 rings (SSSR count). The summed E-state index contributed by atoms with van der Waals surface area (Å²) >= 11 is 6.17. The molecule has 0 bridgehead atoms. The lowest BCUT2D eigenvalue weighted by atomic mass is 10.0. The largest absolute Gasteiger partial charge is 0.495 e. The molecule has 0 amide bonds. The minimum atomic E-state index is -0.0504. The first-order valence-corrected chi connectivity index (χ1v) is 5.66. The average Bonchev–Trinajstić information content (AvgIpc) is 2.97. The van der Waals surface area contributed by atoms with E-state index in [4.69, 9.17) is 26.8 Å².